The molecule has 1 saturated heterocycles. The number of benzene rings is 1. The number of imidazole rings is 1. The largest absolute Gasteiger partial charge is 0.368 e. The van der Waals surface area contributed by atoms with Gasteiger partial charge in [0.1, 0.15) is 11.3 Å². The van der Waals surface area contributed by atoms with Crippen LogP contribution in [0.2, 0.25) is 5.02 Å². The predicted molar refractivity (Wildman–Crippen MR) is 109 cm³/mol. The van der Waals surface area contributed by atoms with Crippen molar-refractivity contribution in [2.75, 3.05) is 31.1 Å². The summed E-state index contributed by atoms with van der Waals surface area (Å²) in [5, 5.41) is 0.737. The molecule has 0 unspecified atom stereocenters. The van der Waals surface area contributed by atoms with Gasteiger partial charge in [0.15, 0.2) is 0 Å². The van der Waals surface area contributed by atoms with Crippen molar-refractivity contribution in [3.8, 4) is 0 Å². The van der Waals surface area contributed by atoms with Gasteiger partial charge in [-0.05, 0) is 36.8 Å². The van der Waals surface area contributed by atoms with Crippen LogP contribution in [0.1, 0.15) is 29.5 Å². The van der Waals surface area contributed by atoms with E-state index in [1.807, 2.05) is 51.9 Å². The Labute approximate surface area is 164 Å². The summed E-state index contributed by atoms with van der Waals surface area (Å²) in [4.78, 5) is 22.2. The zero-order valence-electron chi connectivity index (χ0n) is 15.4. The number of aromatic nitrogens is 2. The van der Waals surface area contributed by atoms with Gasteiger partial charge in [-0.25, -0.2) is 4.98 Å². The number of anilines is 1. The minimum absolute atomic E-state index is 0.0721. The lowest BCUT2D eigenvalue weighted by Gasteiger charge is -2.36. The molecule has 1 aliphatic rings. The van der Waals surface area contributed by atoms with Crippen molar-refractivity contribution in [3.05, 3.63) is 65.1 Å². The number of amides is 1. The van der Waals surface area contributed by atoms with E-state index in [0.717, 1.165) is 48.0 Å². The number of hydrogen-bond donors (Lipinski definition) is 0. The molecular weight excluding hydrogens is 360 g/mol. The standard InChI is InChI=1S/C21H23ClN4O/c1-2-6-18-20(26-10-4-3-9-19(26)23-18)21(27)25-13-11-24(12-14-25)17-8-5-7-16(22)15-17/h3-5,7-10,15H,2,6,11-14H2,1H3. The van der Waals surface area contributed by atoms with Gasteiger partial charge in [0, 0.05) is 43.1 Å². The first-order chi connectivity index (χ1) is 13.2. The fourth-order valence-electron chi connectivity index (χ4n) is 3.67. The van der Waals surface area contributed by atoms with E-state index in [2.05, 4.69) is 22.9 Å². The third-order valence-corrected chi connectivity index (χ3v) is 5.27. The Balaban J connectivity index is 1.54. The minimum Gasteiger partial charge on any atom is -0.368 e. The molecule has 0 saturated carbocycles. The van der Waals surface area contributed by atoms with E-state index in [-0.39, 0.29) is 5.91 Å². The van der Waals surface area contributed by atoms with Crippen LogP contribution in [0, 0.1) is 0 Å². The predicted octanol–water partition coefficient (Wildman–Crippen LogP) is 3.90. The molecule has 0 aliphatic carbocycles. The summed E-state index contributed by atoms with van der Waals surface area (Å²) < 4.78 is 1.93. The Morgan fingerprint density at radius 3 is 2.67 bits per heavy atom. The summed E-state index contributed by atoms with van der Waals surface area (Å²) in [6.07, 6.45) is 3.70. The molecule has 1 amide bonds. The van der Waals surface area contributed by atoms with Crippen molar-refractivity contribution in [2.45, 2.75) is 19.8 Å². The van der Waals surface area contributed by atoms with E-state index in [4.69, 9.17) is 11.6 Å². The molecule has 0 atom stereocenters. The molecule has 1 fully saturated rings. The monoisotopic (exact) mass is 382 g/mol. The highest BCUT2D eigenvalue weighted by atomic mass is 35.5. The van der Waals surface area contributed by atoms with Crippen molar-refractivity contribution in [1.29, 1.82) is 0 Å². The fourth-order valence-corrected chi connectivity index (χ4v) is 3.86. The number of pyridine rings is 1. The second kappa shape index (κ2) is 7.61. The molecule has 0 bridgehead atoms. The fraction of sp³-hybridized carbons (Fsp3) is 0.333. The van der Waals surface area contributed by atoms with E-state index in [1.165, 1.54) is 0 Å². The Bertz CT molecular complexity index is 960. The second-order valence-electron chi connectivity index (χ2n) is 6.85. The van der Waals surface area contributed by atoms with Crippen LogP contribution in [0.4, 0.5) is 5.69 Å². The van der Waals surface area contributed by atoms with E-state index in [0.29, 0.717) is 18.8 Å². The van der Waals surface area contributed by atoms with Gasteiger partial charge >= 0.3 is 0 Å². The van der Waals surface area contributed by atoms with Gasteiger partial charge < -0.3 is 9.80 Å². The Kier molecular flexibility index (Phi) is 5.03. The number of piperazine rings is 1. The summed E-state index contributed by atoms with van der Waals surface area (Å²) >= 11 is 6.11. The average molecular weight is 383 g/mol. The molecule has 1 aliphatic heterocycles. The third kappa shape index (κ3) is 3.52. The number of nitrogens with zero attached hydrogens (tertiary/aromatic N) is 4. The van der Waals surface area contributed by atoms with Gasteiger partial charge in [0.25, 0.3) is 5.91 Å². The lowest BCUT2D eigenvalue weighted by Crippen LogP contribution is -2.49. The summed E-state index contributed by atoms with van der Waals surface area (Å²) in [6.45, 7) is 5.09. The van der Waals surface area contributed by atoms with Gasteiger partial charge in [-0.1, -0.05) is 37.1 Å². The number of halogens is 1. The molecule has 4 rings (SSSR count). The molecule has 2 aromatic heterocycles. The molecule has 27 heavy (non-hydrogen) atoms. The summed E-state index contributed by atoms with van der Waals surface area (Å²) in [6, 6.07) is 13.7. The van der Waals surface area contributed by atoms with Crippen LogP contribution in [0.15, 0.2) is 48.7 Å². The smallest absolute Gasteiger partial charge is 0.272 e. The van der Waals surface area contributed by atoms with Crippen LogP contribution < -0.4 is 4.90 Å². The molecular formula is C21H23ClN4O. The van der Waals surface area contributed by atoms with Crippen LogP contribution >= 0.6 is 11.6 Å². The average Bonchev–Trinajstić information content (AvgIpc) is 3.06. The molecule has 5 nitrogen and oxygen atoms in total. The SMILES string of the molecule is CCCc1nc2ccccn2c1C(=O)N1CCN(c2cccc(Cl)c2)CC1. The maximum Gasteiger partial charge on any atom is 0.272 e. The van der Waals surface area contributed by atoms with Crippen molar-refractivity contribution < 1.29 is 4.79 Å². The number of carbonyl (C=O) groups excluding carboxylic acids is 1. The third-order valence-electron chi connectivity index (χ3n) is 5.03. The summed E-state index contributed by atoms with van der Waals surface area (Å²) in [5.41, 5.74) is 3.55. The molecule has 1 aromatic carbocycles. The van der Waals surface area contributed by atoms with Gasteiger partial charge in [-0.2, -0.15) is 0 Å². The zero-order chi connectivity index (χ0) is 18.8. The molecule has 6 heteroatoms. The molecule has 0 radical (unpaired) electrons. The lowest BCUT2D eigenvalue weighted by atomic mass is 10.1. The number of aryl methyl sites for hydroxylation is 1. The lowest BCUT2D eigenvalue weighted by molar-refractivity contribution is 0.0738. The second-order valence-corrected chi connectivity index (χ2v) is 7.28. The highest BCUT2D eigenvalue weighted by molar-refractivity contribution is 6.30. The number of hydrogen-bond acceptors (Lipinski definition) is 3. The van der Waals surface area contributed by atoms with Crippen LogP contribution in [-0.4, -0.2) is 46.4 Å². The Morgan fingerprint density at radius 1 is 1.11 bits per heavy atom. The zero-order valence-corrected chi connectivity index (χ0v) is 16.2. The highest BCUT2D eigenvalue weighted by Gasteiger charge is 2.27. The first-order valence-corrected chi connectivity index (χ1v) is 9.81. The molecule has 0 spiro atoms. The van der Waals surface area contributed by atoms with Crippen molar-refractivity contribution in [3.63, 3.8) is 0 Å². The normalized spacial score (nSPS) is 14.7. The van der Waals surface area contributed by atoms with Crippen molar-refractivity contribution in [1.82, 2.24) is 14.3 Å². The topological polar surface area (TPSA) is 40.9 Å². The van der Waals surface area contributed by atoms with Crippen LogP contribution in [0.3, 0.4) is 0 Å². The van der Waals surface area contributed by atoms with E-state index >= 15 is 0 Å². The van der Waals surface area contributed by atoms with E-state index < -0.39 is 0 Å². The van der Waals surface area contributed by atoms with Gasteiger partial charge in [0.05, 0.1) is 5.69 Å². The Morgan fingerprint density at radius 2 is 1.93 bits per heavy atom. The highest BCUT2D eigenvalue weighted by Crippen LogP contribution is 2.22. The van der Waals surface area contributed by atoms with Crippen LogP contribution in [-0.2, 0) is 6.42 Å². The van der Waals surface area contributed by atoms with Gasteiger partial charge in [-0.3, -0.25) is 9.20 Å². The van der Waals surface area contributed by atoms with Crippen LogP contribution in [0.5, 0.6) is 0 Å². The van der Waals surface area contributed by atoms with Crippen LogP contribution in [0.25, 0.3) is 5.65 Å². The summed E-state index contributed by atoms with van der Waals surface area (Å²) in [5.74, 6) is 0.0721. The Hall–Kier alpha value is -2.53. The van der Waals surface area contributed by atoms with E-state index in [1.54, 1.807) is 0 Å². The maximum atomic E-state index is 13.3. The van der Waals surface area contributed by atoms with Gasteiger partial charge in [0.2, 0.25) is 0 Å². The maximum absolute atomic E-state index is 13.3. The minimum atomic E-state index is 0.0721. The number of fused-ring (bicyclic) bond motifs is 1. The van der Waals surface area contributed by atoms with E-state index in [9.17, 15) is 4.79 Å². The first-order valence-electron chi connectivity index (χ1n) is 9.43. The number of carbonyl (C=O) groups is 1. The quantitative estimate of drug-likeness (QED) is 0.687. The number of rotatable bonds is 4. The van der Waals surface area contributed by atoms with Crippen molar-refractivity contribution in [2.24, 2.45) is 0 Å². The molecule has 140 valence electrons. The first kappa shape index (κ1) is 17.9. The molecule has 0 N–H and O–H groups in total. The van der Waals surface area contributed by atoms with Crippen molar-refractivity contribution >= 4 is 28.8 Å². The van der Waals surface area contributed by atoms with Gasteiger partial charge in [-0.15, -0.1) is 0 Å². The molecule has 3 heterocycles. The summed E-state index contributed by atoms with van der Waals surface area (Å²) in [7, 11) is 0. The molecule has 3 aromatic rings.